The Morgan fingerprint density at radius 2 is 2.00 bits per heavy atom. The summed E-state index contributed by atoms with van der Waals surface area (Å²) in [5, 5.41) is 10.4. The SMILES string of the molecule is COc1ccc(CN(C)Cc2ncc[nH]2)cc1OC[C@H](O)CN1CCN(C)CC1. The molecule has 8 nitrogen and oxygen atoms in total. The van der Waals surface area contributed by atoms with E-state index in [1.165, 1.54) is 0 Å². The molecule has 1 atom stereocenters. The number of ether oxygens (including phenoxy) is 2. The Bertz CT molecular complexity index is 732. The fraction of sp³-hybridized carbons (Fsp3) is 0.571. The number of aromatic nitrogens is 2. The van der Waals surface area contributed by atoms with Crippen molar-refractivity contribution in [3.05, 3.63) is 42.0 Å². The van der Waals surface area contributed by atoms with Crippen LogP contribution in [0.15, 0.2) is 30.6 Å². The number of aliphatic hydroxyl groups excluding tert-OH is 1. The Labute approximate surface area is 173 Å². The minimum atomic E-state index is -0.534. The third-order valence-corrected chi connectivity index (χ3v) is 5.15. The molecule has 0 spiro atoms. The van der Waals surface area contributed by atoms with Gasteiger partial charge in [0.15, 0.2) is 11.5 Å². The maximum absolute atomic E-state index is 10.4. The molecule has 0 aliphatic carbocycles. The molecule has 1 aromatic carbocycles. The highest BCUT2D eigenvalue weighted by Crippen LogP contribution is 2.28. The number of hydrogen-bond acceptors (Lipinski definition) is 7. The lowest BCUT2D eigenvalue weighted by Gasteiger charge is -2.33. The lowest BCUT2D eigenvalue weighted by Crippen LogP contribution is -2.47. The zero-order chi connectivity index (χ0) is 20.6. The van der Waals surface area contributed by atoms with Crippen molar-refractivity contribution in [1.82, 2.24) is 24.7 Å². The maximum Gasteiger partial charge on any atom is 0.161 e. The van der Waals surface area contributed by atoms with E-state index in [1.807, 2.05) is 31.4 Å². The fourth-order valence-corrected chi connectivity index (χ4v) is 3.51. The molecule has 0 amide bonds. The Morgan fingerprint density at radius 3 is 2.69 bits per heavy atom. The second kappa shape index (κ2) is 10.6. The molecule has 1 saturated heterocycles. The number of aliphatic hydroxyl groups is 1. The van der Waals surface area contributed by atoms with Crippen LogP contribution in [0.2, 0.25) is 0 Å². The smallest absolute Gasteiger partial charge is 0.161 e. The van der Waals surface area contributed by atoms with Gasteiger partial charge in [-0.15, -0.1) is 0 Å². The van der Waals surface area contributed by atoms with Gasteiger partial charge in [-0.25, -0.2) is 4.98 Å². The molecule has 3 rings (SSSR count). The van der Waals surface area contributed by atoms with Crippen LogP contribution in [0.5, 0.6) is 11.5 Å². The maximum atomic E-state index is 10.4. The number of piperazine rings is 1. The van der Waals surface area contributed by atoms with E-state index in [-0.39, 0.29) is 6.61 Å². The summed E-state index contributed by atoms with van der Waals surface area (Å²) in [6.07, 6.45) is 3.06. The van der Waals surface area contributed by atoms with Gasteiger partial charge in [0.05, 0.1) is 13.7 Å². The van der Waals surface area contributed by atoms with E-state index in [4.69, 9.17) is 9.47 Å². The number of aromatic amines is 1. The summed E-state index contributed by atoms with van der Waals surface area (Å²) in [4.78, 5) is 14.1. The molecule has 8 heteroatoms. The highest BCUT2D eigenvalue weighted by atomic mass is 16.5. The zero-order valence-corrected chi connectivity index (χ0v) is 17.7. The van der Waals surface area contributed by atoms with Crippen LogP contribution >= 0.6 is 0 Å². The second-order valence-electron chi connectivity index (χ2n) is 7.76. The number of methoxy groups -OCH3 is 1. The van der Waals surface area contributed by atoms with E-state index >= 15 is 0 Å². The summed E-state index contributed by atoms with van der Waals surface area (Å²) < 4.78 is 11.4. The van der Waals surface area contributed by atoms with Crippen molar-refractivity contribution >= 4 is 0 Å². The van der Waals surface area contributed by atoms with Gasteiger partial charge in [-0.2, -0.15) is 0 Å². The Morgan fingerprint density at radius 1 is 1.21 bits per heavy atom. The van der Waals surface area contributed by atoms with Gasteiger partial charge in [0.2, 0.25) is 0 Å². The topological polar surface area (TPSA) is 77.1 Å². The first-order chi connectivity index (χ1) is 14.0. The summed E-state index contributed by atoms with van der Waals surface area (Å²) in [5.41, 5.74) is 1.11. The van der Waals surface area contributed by atoms with E-state index in [1.54, 1.807) is 13.3 Å². The van der Waals surface area contributed by atoms with Gasteiger partial charge in [0, 0.05) is 51.7 Å². The third-order valence-electron chi connectivity index (χ3n) is 5.15. The van der Waals surface area contributed by atoms with Crippen molar-refractivity contribution in [1.29, 1.82) is 0 Å². The quantitative estimate of drug-likeness (QED) is 0.614. The molecule has 0 unspecified atom stereocenters. The van der Waals surface area contributed by atoms with Gasteiger partial charge in [-0.05, 0) is 31.8 Å². The number of rotatable bonds is 10. The van der Waals surface area contributed by atoms with Crippen LogP contribution in [-0.4, -0.2) is 96.4 Å². The van der Waals surface area contributed by atoms with Crippen molar-refractivity contribution in [2.45, 2.75) is 19.2 Å². The van der Waals surface area contributed by atoms with E-state index in [0.717, 1.165) is 50.7 Å². The first-order valence-corrected chi connectivity index (χ1v) is 10.1. The molecule has 1 aliphatic rings. The summed E-state index contributed by atoms with van der Waals surface area (Å²) in [6, 6.07) is 5.93. The number of H-pyrrole nitrogens is 1. The van der Waals surface area contributed by atoms with Gasteiger partial charge in [0.1, 0.15) is 18.5 Å². The number of hydrogen-bond donors (Lipinski definition) is 2. The third kappa shape index (κ3) is 6.71. The van der Waals surface area contributed by atoms with Gasteiger partial charge < -0.3 is 24.5 Å². The molecule has 1 fully saturated rings. The van der Waals surface area contributed by atoms with Gasteiger partial charge in [-0.3, -0.25) is 9.80 Å². The summed E-state index contributed by atoms with van der Waals surface area (Å²) in [5.74, 6) is 2.27. The number of nitrogens with one attached hydrogen (secondary N) is 1. The summed E-state index contributed by atoms with van der Waals surface area (Å²) in [7, 11) is 5.81. The molecule has 0 saturated carbocycles. The molecule has 0 bridgehead atoms. The Kier molecular flexibility index (Phi) is 7.88. The minimum absolute atomic E-state index is 0.244. The van der Waals surface area contributed by atoms with Crippen molar-refractivity contribution in [3.8, 4) is 11.5 Å². The fourth-order valence-electron chi connectivity index (χ4n) is 3.51. The largest absolute Gasteiger partial charge is 0.493 e. The highest BCUT2D eigenvalue weighted by Gasteiger charge is 2.18. The minimum Gasteiger partial charge on any atom is -0.493 e. The van der Waals surface area contributed by atoms with E-state index < -0.39 is 6.10 Å². The molecular formula is C21H33N5O3. The number of nitrogens with zero attached hydrogens (tertiary/aromatic N) is 4. The van der Waals surface area contributed by atoms with Crippen molar-refractivity contribution in [2.75, 3.05) is 60.5 Å². The van der Waals surface area contributed by atoms with Gasteiger partial charge in [-0.1, -0.05) is 6.07 Å². The highest BCUT2D eigenvalue weighted by molar-refractivity contribution is 5.43. The predicted molar refractivity (Wildman–Crippen MR) is 112 cm³/mol. The average Bonchev–Trinajstić information content (AvgIpc) is 3.21. The van der Waals surface area contributed by atoms with Crippen LogP contribution < -0.4 is 9.47 Å². The molecule has 2 aromatic rings. The molecule has 1 aliphatic heterocycles. The van der Waals surface area contributed by atoms with Crippen molar-refractivity contribution in [2.24, 2.45) is 0 Å². The average molecular weight is 404 g/mol. The summed E-state index contributed by atoms with van der Waals surface area (Å²) >= 11 is 0. The summed E-state index contributed by atoms with van der Waals surface area (Å²) in [6.45, 7) is 6.40. The molecule has 1 aromatic heterocycles. The van der Waals surface area contributed by atoms with Crippen molar-refractivity contribution < 1.29 is 14.6 Å². The number of imidazole rings is 1. The van der Waals surface area contributed by atoms with Crippen LogP contribution in [0.3, 0.4) is 0 Å². The van der Waals surface area contributed by atoms with Crippen LogP contribution in [0.4, 0.5) is 0 Å². The second-order valence-corrected chi connectivity index (χ2v) is 7.76. The lowest BCUT2D eigenvalue weighted by atomic mass is 10.2. The zero-order valence-electron chi connectivity index (χ0n) is 17.7. The molecule has 2 heterocycles. The normalized spacial score (nSPS) is 16.9. The molecule has 2 N–H and O–H groups in total. The molecule has 29 heavy (non-hydrogen) atoms. The lowest BCUT2D eigenvalue weighted by molar-refractivity contribution is 0.0497. The van der Waals surface area contributed by atoms with Crippen LogP contribution in [0, 0.1) is 0 Å². The monoisotopic (exact) mass is 403 g/mol. The van der Waals surface area contributed by atoms with E-state index in [2.05, 4.69) is 31.7 Å². The van der Waals surface area contributed by atoms with Crippen LogP contribution in [0.25, 0.3) is 0 Å². The van der Waals surface area contributed by atoms with Crippen LogP contribution in [0.1, 0.15) is 11.4 Å². The number of likely N-dealkylation sites (N-methyl/N-ethyl adjacent to an activating group) is 1. The van der Waals surface area contributed by atoms with Crippen LogP contribution in [-0.2, 0) is 13.1 Å². The first-order valence-electron chi connectivity index (χ1n) is 10.1. The first kappa shape index (κ1) is 21.6. The molecule has 160 valence electrons. The Hall–Kier alpha value is -2.13. The Balaban J connectivity index is 1.52. The number of benzene rings is 1. The van der Waals surface area contributed by atoms with E-state index in [0.29, 0.717) is 18.0 Å². The standard InChI is InChI=1S/C21H33N5O3/c1-24-8-10-26(11-9-24)14-18(27)16-29-20-12-17(4-5-19(20)28-3)13-25(2)15-21-22-6-7-23-21/h4-7,12,18,27H,8-11,13-16H2,1-3H3,(H,22,23)/t18-/m1/s1. The molecular weight excluding hydrogens is 370 g/mol. The predicted octanol–water partition coefficient (Wildman–Crippen LogP) is 1.04. The van der Waals surface area contributed by atoms with E-state index in [9.17, 15) is 5.11 Å². The number of β-amino-alcohol motifs (C(OH)–C–C–N with tert-alkyl or cyclic N) is 1. The van der Waals surface area contributed by atoms with Crippen molar-refractivity contribution in [3.63, 3.8) is 0 Å². The van der Waals surface area contributed by atoms with Gasteiger partial charge >= 0.3 is 0 Å². The van der Waals surface area contributed by atoms with Gasteiger partial charge in [0.25, 0.3) is 0 Å². The molecule has 0 radical (unpaired) electrons.